The molecule has 0 N–H and O–H groups in total. The topological polar surface area (TPSA) is 69.6 Å². The molecule has 10 aromatic rings. The van der Waals surface area contributed by atoms with E-state index in [1.165, 1.54) is 10.8 Å². The Kier molecular flexibility index (Phi) is 5.77. The summed E-state index contributed by atoms with van der Waals surface area (Å²) in [5.74, 6) is 1.77. The molecule has 6 aromatic carbocycles. The molecule has 0 aliphatic heterocycles. The SMILES string of the molecule is c1ccc(-n2c3ccccc3c3ccccc32)c(-c2nc(-c3ccc4ccccc4c3)nc(-c3cccc4oc5cnccc5c34)n2)c1. The van der Waals surface area contributed by atoms with Crippen LogP contribution in [-0.4, -0.2) is 24.5 Å². The molecule has 6 heteroatoms. The first-order chi connectivity index (χ1) is 23.8. The first-order valence-corrected chi connectivity index (χ1v) is 15.9. The number of hydrogen-bond donors (Lipinski definition) is 0. The van der Waals surface area contributed by atoms with Gasteiger partial charge in [0.25, 0.3) is 0 Å². The van der Waals surface area contributed by atoms with Gasteiger partial charge in [-0.25, -0.2) is 15.0 Å². The molecule has 0 unspecified atom stereocenters. The molecule has 48 heavy (non-hydrogen) atoms. The Morgan fingerprint density at radius 3 is 1.98 bits per heavy atom. The van der Waals surface area contributed by atoms with E-state index in [1.807, 2.05) is 24.3 Å². The smallest absolute Gasteiger partial charge is 0.166 e. The molecule has 4 heterocycles. The second-order valence-corrected chi connectivity index (χ2v) is 11.9. The van der Waals surface area contributed by atoms with Gasteiger partial charge in [0.05, 0.1) is 22.9 Å². The van der Waals surface area contributed by atoms with Gasteiger partial charge in [0.2, 0.25) is 0 Å². The highest BCUT2D eigenvalue weighted by Gasteiger charge is 2.21. The summed E-state index contributed by atoms with van der Waals surface area (Å²) in [6, 6.07) is 48.1. The molecular weight excluding hydrogens is 590 g/mol. The molecule has 0 radical (unpaired) electrons. The van der Waals surface area contributed by atoms with Crippen LogP contribution in [0.15, 0.2) is 156 Å². The minimum Gasteiger partial charge on any atom is -0.454 e. The van der Waals surface area contributed by atoms with Crippen LogP contribution in [0.25, 0.3) is 94.4 Å². The molecule has 0 saturated carbocycles. The lowest BCUT2D eigenvalue weighted by Gasteiger charge is -2.15. The third-order valence-electron chi connectivity index (χ3n) is 9.15. The predicted octanol–water partition coefficient (Wildman–Crippen LogP) is 10.4. The van der Waals surface area contributed by atoms with Gasteiger partial charge in [-0.1, -0.05) is 97.1 Å². The predicted molar refractivity (Wildman–Crippen MR) is 193 cm³/mol. The zero-order valence-corrected chi connectivity index (χ0v) is 25.6. The van der Waals surface area contributed by atoms with Gasteiger partial charge in [-0.3, -0.25) is 4.98 Å². The maximum Gasteiger partial charge on any atom is 0.166 e. The summed E-state index contributed by atoms with van der Waals surface area (Å²) in [7, 11) is 0. The zero-order valence-electron chi connectivity index (χ0n) is 25.6. The van der Waals surface area contributed by atoms with Crippen molar-refractivity contribution in [2.75, 3.05) is 0 Å². The van der Waals surface area contributed by atoms with Gasteiger partial charge < -0.3 is 8.98 Å². The normalized spacial score (nSPS) is 11.8. The molecule has 0 aliphatic rings. The first kappa shape index (κ1) is 26.5. The Balaban J connectivity index is 1.27. The molecule has 0 atom stereocenters. The monoisotopic (exact) mass is 615 g/mol. The van der Waals surface area contributed by atoms with Gasteiger partial charge in [-0.2, -0.15) is 0 Å². The number of furan rings is 1. The Morgan fingerprint density at radius 1 is 0.479 bits per heavy atom. The lowest BCUT2D eigenvalue weighted by atomic mass is 10.0. The molecule has 0 saturated heterocycles. The summed E-state index contributed by atoms with van der Waals surface area (Å²) in [5, 5.41) is 6.60. The van der Waals surface area contributed by atoms with Crippen molar-refractivity contribution < 1.29 is 4.42 Å². The van der Waals surface area contributed by atoms with E-state index in [0.29, 0.717) is 17.5 Å². The number of hydrogen-bond acceptors (Lipinski definition) is 5. The molecule has 0 bridgehead atoms. The molecular formula is C42H25N5O. The second-order valence-electron chi connectivity index (χ2n) is 11.9. The van der Waals surface area contributed by atoms with Crippen LogP contribution in [0.1, 0.15) is 0 Å². The fourth-order valence-electron chi connectivity index (χ4n) is 6.98. The minimum atomic E-state index is 0.574. The molecule has 0 amide bonds. The van der Waals surface area contributed by atoms with Crippen molar-refractivity contribution in [3.63, 3.8) is 0 Å². The summed E-state index contributed by atoms with van der Waals surface area (Å²) >= 11 is 0. The van der Waals surface area contributed by atoms with E-state index in [-0.39, 0.29) is 0 Å². The summed E-state index contributed by atoms with van der Waals surface area (Å²) in [4.78, 5) is 19.9. The molecule has 10 rings (SSSR count). The summed E-state index contributed by atoms with van der Waals surface area (Å²) in [6.45, 7) is 0. The molecule has 0 aliphatic carbocycles. The van der Waals surface area contributed by atoms with Crippen LogP contribution in [0.2, 0.25) is 0 Å². The fourth-order valence-corrected chi connectivity index (χ4v) is 6.98. The van der Waals surface area contributed by atoms with Crippen molar-refractivity contribution in [1.82, 2.24) is 24.5 Å². The van der Waals surface area contributed by atoms with E-state index in [9.17, 15) is 0 Å². The second kappa shape index (κ2) is 10.4. The quantitative estimate of drug-likeness (QED) is 0.197. The van der Waals surface area contributed by atoms with E-state index in [1.54, 1.807) is 12.4 Å². The van der Waals surface area contributed by atoms with Gasteiger partial charge in [0.15, 0.2) is 23.1 Å². The van der Waals surface area contributed by atoms with Crippen LogP contribution in [-0.2, 0) is 0 Å². The molecule has 0 fully saturated rings. The maximum absolute atomic E-state index is 6.21. The fraction of sp³-hybridized carbons (Fsp3) is 0. The van der Waals surface area contributed by atoms with E-state index < -0.39 is 0 Å². The Hall–Kier alpha value is -6.66. The highest BCUT2D eigenvalue weighted by Crippen LogP contribution is 2.38. The van der Waals surface area contributed by atoms with Crippen molar-refractivity contribution >= 4 is 54.5 Å². The Bertz CT molecular complexity index is 2810. The Labute approximate surface area is 274 Å². The highest BCUT2D eigenvalue weighted by atomic mass is 16.3. The average Bonchev–Trinajstić information content (AvgIpc) is 3.70. The highest BCUT2D eigenvalue weighted by molar-refractivity contribution is 6.12. The first-order valence-electron chi connectivity index (χ1n) is 15.9. The molecule has 4 aromatic heterocycles. The van der Waals surface area contributed by atoms with Crippen LogP contribution in [0, 0.1) is 0 Å². The van der Waals surface area contributed by atoms with Crippen LogP contribution in [0.4, 0.5) is 0 Å². The largest absolute Gasteiger partial charge is 0.454 e. The van der Waals surface area contributed by atoms with Crippen molar-refractivity contribution in [1.29, 1.82) is 0 Å². The standard InChI is InChI=1S/C42H25N5O/c1-2-11-27-24-28(21-20-26(27)10-1)40-44-41(46-42(45-40)33-15-9-19-37-39(33)32-22-23-43-25-38(32)48-37)31-14-5-8-18-36(31)47-34-16-6-3-12-29(34)30-13-4-7-17-35(30)47/h1-25H. The van der Waals surface area contributed by atoms with Crippen molar-refractivity contribution in [2.24, 2.45) is 0 Å². The number of pyridine rings is 1. The summed E-state index contributed by atoms with van der Waals surface area (Å²) < 4.78 is 8.52. The van der Waals surface area contributed by atoms with Crippen LogP contribution >= 0.6 is 0 Å². The van der Waals surface area contributed by atoms with Crippen molar-refractivity contribution in [2.45, 2.75) is 0 Å². The number of para-hydroxylation sites is 3. The number of nitrogens with zero attached hydrogens (tertiary/aromatic N) is 5. The third-order valence-corrected chi connectivity index (χ3v) is 9.15. The van der Waals surface area contributed by atoms with Crippen molar-refractivity contribution in [3.8, 4) is 39.9 Å². The van der Waals surface area contributed by atoms with E-state index in [0.717, 1.165) is 66.1 Å². The molecule has 6 nitrogen and oxygen atoms in total. The van der Waals surface area contributed by atoms with Gasteiger partial charge in [0, 0.05) is 44.4 Å². The number of rotatable bonds is 4. The molecule has 224 valence electrons. The van der Waals surface area contributed by atoms with E-state index in [2.05, 4.69) is 125 Å². The number of benzene rings is 6. The third kappa shape index (κ3) is 4.06. The summed E-state index contributed by atoms with van der Waals surface area (Å²) in [6.07, 6.45) is 3.54. The Morgan fingerprint density at radius 2 is 1.15 bits per heavy atom. The minimum absolute atomic E-state index is 0.574. The number of fused-ring (bicyclic) bond motifs is 7. The maximum atomic E-state index is 6.21. The molecule has 0 spiro atoms. The lowest BCUT2D eigenvalue weighted by molar-refractivity contribution is 0.667. The van der Waals surface area contributed by atoms with Crippen LogP contribution in [0.5, 0.6) is 0 Å². The van der Waals surface area contributed by atoms with Crippen LogP contribution < -0.4 is 0 Å². The lowest BCUT2D eigenvalue weighted by Crippen LogP contribution is -2.03. The summed E-state index contributed by atoms with van der Waals surface area (Å²) in [5.41, 5.74) is 7.42. The number of aromatic nitrogens is 5. The van der Waals surface area contributed by atoms with Gasteiger partial charge in [0.1, 0.15) is 5.58 Å². The van der Waals surface area contributed by atoms with Gasteiger partial charge >= 0.3 is 0 Å². The average molecular weight is 616 g/mol. The van der Waals surface area contributed by atoms with E-state index in [4.69, 9.17) is 19.4 Å². The van der Waals surface area contributed by atoms with E-state index >= 15 is 0 Å². The van der Waals surface area contributed by atoms with Gasteiger partial charge in [-0.05, 0) is 53.2 Å². The van der Waals surface area contributed by atoms with Crippen molar-refractivity contribution in [3.05, 3.63) is 152 Å². The van der Waals surface area contributed by atoms with Gasteiger partial charge in [-0.15, -0.1) is 0 Å². The van der Waals surface area contributed by atoms with Crippen LogP contribution in [0.3, 0.4) is 0 Å². The zero-order chi connectivity index (χ0) is 31.6.